The molecule has 4 N–H and O–H groups in total. The largest absolute Gasteiger partial charge is 0.368 e. The van der Waals surface area contributed by atoms with Gasteiger partial charge in [0, 0.05) is 11.6 Å². The molecule has 1 aromatic rings. The zero-order valence-corrected chi connectivity index (χ0v) is 12.5. The van der Waals surface area contributed by atoms with Crippen molar-refractivity contribution in [2.45, 2.75) is 45.7 Å². The Morgan fingerprint density at radius 2 is 2.00 bits per heavy atom. The highest BCUT2D eigenvalue weighted by atomic mass is 16.5. The fourth-order valence-corrected chi connectivity index (χ4v) is 1.58. The van der Waals surface area contributed by atoms with Crippen molar-refractivity contribution in [1.82, 2.24) is 15.8 Å². The zero-order valence-electron chi connectivity index (χ0n) is 12.5. The topological polar surface area (TPSA) is 127 Å². The summed E-state index contributed by atoms with van der Waals surface area (Å²) in [5.74, 6) is -1.35. The fraction of sp³-hybridized carbons (Fsp3) is 0.538. The van der Waals surface area contributed by atoms with E-state index in [1.54, 1.807) is 27.7 Å². The number of aryl methyl sites for hydroxylation is 1. The van der Waals surface area contributed by atoms with Gasteiger partial charge in [0.2, 0.25) is 11.8 Å². The van der Waals surface area contributed by atoms with Crippen LogP contribution in [0.4, 0.5) is 0 Å². The van der Waals surface area contributed by atoms with Gasteiger partial charge in [0.05, 0.1) is 6.42 Å². The van der Waals surface area contributed by atoms with Crippen LogP contribution < -0.4 is 16.4 Å². The molecule has 116 valence electrons. The van der Waals surface area contributed by atoms with Crippen molar-refractivity contribution < 1.29 is 18.9 Å². The molecule has 0 unspecified atom stereocenters. The molecule has 0 radical (unpaired) electrons. The van der Waals surface area contributed by atoms with Crippen LogP contribution in [0.25, 0.3) is 0 Å². The number of carbonyl (C=O) groups is 3. The molecule has 1 rings (SSSR count). The molecule has 1 heterocycles. The van der Waals surface area contributed by atoms with E-state index in [4.69, 9.17) is 10.3 Å². The van der Waals surface area contributed by atoms with Gasteiger partial charge in [0.15, 0.2) is 5.69 Å². The standard InChI is InChI=1S/C13H20N4O4/c1-7-5-9(17-21-7)12(20)15-8(11(14)19)6-10(18)16-13(2,3)4/h5,8H,6H2,1-4H3,(H2,14,19)(H,15,20)(H,16,18)/t8-/m0/s1. The molecule has 3 amide bonds. The minimum absolute atomic E-state index is 0.0231. The van der Waals surface area contributed by atoms with Gasteiger partial charge in [-0.25, -0.2) is 0 Å². The van der Waals surface area contributed by atoms with Crippen molar-refractivity contribution in [3.05, 3.63) is 17.5 Å². The van der Waals surface area contributed by atoms with E-state index < -0.39 is 23.4 Å². The Balaban J connectivity index is 2.68. The number of hydrogen-bond donors (Lipinski definition) is 3. The van der Waals surface area contributed by atoms with Crippen molar-refractivity contribution in [2.75, 3.05) is 0 Å². The van der Waals surface area contributed by atoms with E-state index in [-0.39, 0.29) is 18.0 Å². The smallest absolute Gasteiger partial charge is 0.274 e. The minimum atomic E-state index is -1.11. The highest BCUT2D eigenvalue weighted by molar-refractivity contribution is 5.97. The number of nitrogens with two attached hydrogens (primary N) is 1. The number of amides is 3. The molecule has 1 atom stereocenters. The van der Waals surface area contributed by atoms with Crippen LogP contribution in [0.3, 0.4) is 0 Å². The molecule has 0 saturated heterocycles. The van der Waals surface area contributed by atoms with E-state index >= 15 is 0 Å². The molecular formula is C13H20N4O4. The third-order valence-corrected chi connectivity index (χ3v) is 2.41. The number of carbonyl (C=O) groups excluding carboxylic acids is 3. The quantitative estimate of drug-likeness (QED) is 0.697. The normalized spacial score (nSPS) is 12.6. The molecule has 0 saturated carbocycles. The molecule has 0 aromatic carbocycles. The Bertz CT molecular complexity index is 545. The Hall–Kier alpha value is -2.38. The van der Waals surface area contributed by atoms with Gasteiger partial charge in [-0.05, 0) is 27.7 Å². The van der Waals surface area contributed by atoms with E-state index in [9.17, 15) is 14.4 Å². The lowest BCUT2D eigenvalue weighted by atomic mass is 10.1. The number of rotatable bonds is 5. The number of nitrogens with one attached hydrogen (secondary N) is 2. The van der Waals surface area contributed by atoms with Crippen molar-refractivity contribution in [3.63, 3.8) is 0 Å². The van der Waals surface area contributed by atoms with Crippen molar-refractivity contribution in [1.29, 1.82) is 0 Å². The maximum absolute atomic E-state index is 11.9. The summed E-state index contributed by atoms with van der Waals surface area (Å²) >= 11 is 0. The van der Waals surface area contributed by atoms with E-state index in [1.165, 1.54) is 6.07 Å². The molecule has 21 heavy (non-hydrogen) atoms. The average Bonchev–Trinajstić information content (AvgIpc) is 2.72. The Kier molecular flexibility index (Phi) is 5.07. The van der Waals surface area contributed by atoms with Crippen LogP contribution in [0.5, 0.6) is 0 Å². The van der Waals surface area contributed by atoms with Gasteiger partial charge in [-0.2, -0.15) is 0 Å². The summed E-state index contributed by atoms with van der Waals surface area (Å²) in [5, 5.41) is 8.58. The van der Waals surface area contributed by atoms with Gasteiger partial charge >= 0.3 is 0 Å². The minimum Gasteiger partial charge on any atom is -0.368 e. The van der Waals surface area contributed by atoms with Crippen LogP contribution in [0.15, 0.2) is 10.6 Å². The highest BCUT2D eigenvalue weighted by Crippen LogP contribution is 2.04. The maximum atomic E-state index is 11.9. The van der Waals surface area contributed by atoms with Gasteiger partial charge in [-0.3, -0.25) is 14.4 Å². The first-order chi connectivity index (χ1) is 9.58. The summed E-state index contributed by atoms with van der Waals surface area (Å²) < 4.78 is 4.77. The number of nitrogens with zero attached hydrogens (tertiary/aromatic N) is 1. The van der Waals surface area contributed by atoms with E-state index in [2.05, 4.69) is 15.8 Å². The lowest BCUT2D eigenvalue weighted by Gasteiger charge is -2.22. The SMILES string of the molecule is Cc1cc(C(=O)N[C@@H](CC(=O)NC(C)(C)C)C(N)=O)no1. The van der Waals surface area contributed by atoms with Gasteiger partial charge in [-0.15, -0.1) is 0 Å². The molecule has 8 nitrogen and oxygen atoms in total. The van der Waals surface area contributed by atoms with Crippen LogP contribution in [0.1, 0.15) is 43.4 Å². The Labute approximate surface area is 122 Å². The van der Waals surface area contributed by atoms with E-state index in [0.29, 0.717) is 5.76 Å². The molecule has 0 spiro atoms. The molecule has 8 heteroatoms. The molecule has 1 aromatic heterocycles. The third kappa shape index (κ3) is 5.64. The molecule has 0 aliphatic heterocycles. The summed E-state index contributed by atoms with van der Waals surface area (Å²) in [5.41, 5.74) is 4.79. The first kappa shape index (κ1) is 16.7. The van der Waals surface area contributed by atoms with Crippen molar-refractivity contribution in [2.24, 2.45) is 5.73 Å². The number of primary amides is 1. The van der Waals surface area contributed by atoms with E-state index in [0.717, 1.165) is 0 Å². The zero-order chi connectivity index (χ0) is 16.2. The first-order valence-corrected chi connectivity index (χ1v) is 6.43. The third-order valence-electron chi connectivity index (χ3n) is 2.41. The summed E-state index contributed by atoms with van der Waals surface area (Å²) in [6.45, 7) is 7.05. The average molecular weight is 296 g/mol. The van der Waals surface area contributed by atoms with Gasteiger partial charge in [-0.1, -0.05) is 5.16 Å². The van der Waals surface area contributed by atoms with Gasteiger partial charge in [0.25, 0.3) is 5.91 Å². The Morgan fingerprint density at radius 1 is 1.38 bits per heavy atom. The second-order valence-electron chi connectivity index (χ2n) is 5.75. The summed E-state index contributed by atoms with van der Waals surface area (Å²) in [7, 11) is 0. The second-order valence-corrected chi connectivity index (χ2v) is 5.75. The first-order valence-electron chi connectivity index (χ1n) is 6.43. The fourth-order valence-electron chi connectivity index (χ4n) is 1.58. The highest BCUT2D eigenvalue weighted by Gasteiger charge is 2.25. The van der Waals surface area contributed by atoms with Crippen molar-refractivity contribution in [3.8, 4) is 0 Å². The number of hydrogen-bond acceptors (Lipinski definition) is 5. The molecule has 0 aliphatic carbocycles. The van der Waals surface area contributed by atoms with E-state index in [1.807, 2.05) is 0 Å². The van der Waals surface area contributed by atoms with Gasteiger partial charge in [0.1, 0.15) is 11.8 Å². The lowest BCUT2D eigenvalue weighted by molar-refractivity contribution is -0.127. The summed E-state index contributed by atoms with van der Waals surface area (Å²) in [6.07, 6.45) is -0.241. The van der Waals surface area contributed by atoms with Gasteiger partial charge < -0.3 is 20.9 Å². The van der Waals surface area contributed by atoms with Crippen LogP contribution >= 0.6 is 0 Å². The lowest BCUT2D eigenvalue weighted by Crippen LogP contribution is -2.49. The van der Waals surface area contributed by atoms with Crippen LogP contribution in [0, 0.1) is 6.92 Å². The predicted octanol–water partition coefficient (Wildman–Crippen LogP) is -0.128. The monoisotopic (exact) mass is 296 g/mol. The molecule has 0 fully saturated rings. The molecule has 0 aliphatic rings. The van der Waals surface area contributed by atoms with Crippen LogP contribution in [0.2, 0.25) is 0 Å². The maximum Gasteiger partial charge on any atom is 0.274 e. The van der Waals surface area contributed by atoms with Crippen molar-refractivity contribution >= 4 is 17.7 Å². The summed E-state index contributed by atoms with van der Waals surface area (Å²) in [4.78, 5) is 35.0. The molecule has 0 bridgehead atoms. The second kappa shape index (κ2) is 6.38. The van der Waals surface area contributed by atoms with Crippen LogP contribution in [-0.4, -0.2) is 34.5 Å². The molecular weight excluding hydrogens is 276 g/mol. The number of aromatic nitrogens is 1. The Morgan fingerprint density at radius 3 is 2.43 bits per heavy atom. The predicted molar refractivity (Wildman–Crippen MR) is 74.2 cm³/mol. The summed E-state index contributed by atoms with van der Waals surface area (Å²) in [6, 6.07) is 0.305. The van der Waals surface area contributed by atoms with Crippen LogP contribution in [-0.2, 0) is 9.59 Å².